The topological polar surface area (TPSA) is 59.8 Å². The molecule has 30 heavy (non-hydrogen) atoms. The minimum absolute atomic E-state index is 0.182. The van der Waals surface area contributed by atoms with Crippen molar-refractivity contribution in [3.05, 3.63) is 96.1 Å². The van der Waals surface area contributed by atoms with Gasteiger partial charge in [-0.3, -0.25) is 9.78 Å². The van der Waals surface area contributed by atoms with Crippen LogP contribution in [0.2, 0.25) is 0 Å². The highest BCUT2D eigenvalue weighted by atomic mass is 19.4. The highest BCUT2D eigenvalue weighted by Crippen LogP contribution is 2.31. The van der Waals surface area contributed by atoms with E-state index in [0.29, 0.717) is 5.69 Å². The van der Waals surface area contributed by atoms with Gasteiger partial charge >= 0.3 is 6.18 Å². The Morgan fingerprint density at radius 2 is 1.67 bits per heavy atom. The molecule has 4 rings (SSSR count). The lowest BCUT2D eigenvalue weighted by Gasteiger charge is -2.20. The van der Waals surface area contributed by atoms with Gasteiger partial charge in [0.05, 0.1) is 22.8 Å². The number of carbonyl (C=O) groups is 1. The molecule has 1 unspecified atom stereocenters. The third kappa shape index (κ3) is 4.03. The summed E-state index contributed by atoms with van der Waals surface area (Å²) in [5, 5.41) is 2.81. The predicted octanol–water partition coefficient (Wildman–Crippen LogP) is 4.36. The van der Waals surface area contributed by atoms with Crippen molar-refractivity contribution in [1.82, 2.24) is 19.9 Å². The van der Waals surface area contributed by atoms with Crippen molar-refractivity contribution in [3.8, 4) is 0 Å². The molecule has 1 atom stereocenters. The Kier molecular flexibility index (Phi) is 5.22. The van der Waals surface area contributed by atoms with E-state index in [1.54, 1.807) is 36.5 Å². The van der Waals surface area contributed by atoms with Gasteiger partial charge in [-0.1, -0.05) is 48.5 Å². The molecule has 0 aliphatic carbocycles. The van der Waals surface area contributed by atoms with Crippen molar-refractivity contribution >= 4 is 16.9 Å². The molecule has 0 fully saturated rings. The van der Waals surface area contributed by atoms with Gasteiger partial charge in [-0.05, 0) is 29.8 Å². The second kappa shape index (κ2) is 7.98. The lowest BCUT2D eigenvalue weighted by atomic mass is 10.0. The maximum absolute atomic E-state index is 13.5. The molecule has 2 heterocycles. The smallest absolute Gasteiger partial charge is 0.342 e. The fourth-order valence-electron chi connectivity index (χ4n) is 3.32. The highest BCUT2D eigenvalue weighted by Gasteiger charge is 2.38. The summed E-state index contributed by atoms with van der Waals surface area (Å²) in [4.78, 5) is 20.8. The maximum Gasteiger partial charge on any atom is 0.449 e. The van der Waals surface area contributed by atoms with Gasteiger partial charge in [0.25, 0.3) is 0 Å². The van der Waals surface area contributed by atoms with Crippen LogP contribution in [0.3, 0.4) is 0 Å². The fraction of sp³-hybridized carbons (Fsp3) is 0.136. The van der Waals surface area contributed by atoms with E-state index in [9.17, 15) is 18.0 Å². The summed E-state index contributed by atoms with van der Waals surface area (Å²) in [7, 11) is 0. The summed E-state index contributed by atoms with van der Waals surface area (Å²) in [5.74, 6) is -1.68. The zero-order chi connectivity index (χ0) is 21.1. The number of carbonyl (C=O) groups excluding carboxylic acids is 1. The van der Waals surface area contributed by atoms with Crippen LogP contribution >= 0.6 is 0 Å². The van der Waals surface area contributed by atoms with E-state index in [2.05, 4.69) is 15.3 Å². The Labute approximate surface area is 170 Å². The van der Waals surface area contributed by atoms with Gasteiger partial charge in [0.2, 0.25) is 11.7 Å². The number of rotatable bonds is 5. The molecule has 5 nitrogen and oxygen atoms in total. The van der Waals surface area contributed by atoms with Gasteiger partial charge in [-0.25, -0.2) is 4.98 Å². The van der Waals surface area contributed by atoms with Crippen LogP contribution < -0.4 is 5.32 Å². The van der Waals surface area contributed by atoms with Crippen LogP contribution in [0.5, 0.6) is 0 Å². The molecule has 0 aliphatic heterocycles. The van der Waals surface area contributed by atoms with Crippen LogP contribution in [0.1, 0.15) is 23.1 Å². The van der Waals surface area contributed by atoms with Crippen molar-refractivity contribution in [3.63, 3.8) is 0 Å². The van der Waals surface area contributed by atoms with Gasteiger partial charge in [0.1, 0.15) is 6.54 Å². The summed E-state index contributed by atoms with van der Waals surface area (Å²) >= 11 is 0. The minimum atomic E-state index is -4.68. The van der Waals surface area contributed by atoms with E-state index in [0.717, 1.165) is 10.1 Å². The first-order valence-corrected chi connectivity index (χ1v) is 9.21. The first-order chi connectivity index (χ1) is 14.4. The van der Waals surface area contributed by atoms with E-state index in [4.69, 9.17) is 0 Å². The molecule has 1 amide bonds. The number of aromatic nitrogens is 3. The quantitative estimate of drug-likeness (QED) is 0.532. The highest BCUT2D eigenvalue weighted by molar-refractivity contribution is 5.81. The third-order valence-corrected chi connectivity index (χ3v) is 4.63. The van der Waals surface area contributed by atoms with Crippen LogP contribution in [-0.2, 0) is 17.5 Å². The molecular formula is C22H17F3N4O. The second-order valence-corrected chi connectivity index (χ2v) is 6.67. The predicted molar refractivity (Wildman–Crippen MR) is 105 cm³/mol. The van der Waals surface area contributed by atoms with Gasteiger partial charge in [0, 0.05) is 6.20 Å². The number of hydrogen-bond acceptors (Lipinski definition) is 3. The van der Waals surface area contributed by atoms with E-state index in [-0.39, 0.29) is 11.0 Å². The molecule has 0 saturated carbocycles. The van der Waals surface area contributed by atoms with Gasteiger partial charge < -0.3 is 9.88 Å². The summed E-state index contributed by atoms with van der Waals surface area (Å²) in [6.45, 7) is -0.522. The summed E-state index contributed by atoms with van der Waals surface area (Å²) < 4.78 is 41.4. The van der Waals surface area contributed by atoms with Crippen molar-refractivity contribution in [2.24, 2.45) is 0 Å². The number of amides is 1. The molecule has 152 valence electrons. The number of benzene rings is 2. The number of nitrogens with zero attached hydrogens (tertiary/aromatic N) is 3. The van der Waals surface area contributed by atoms with Crippen LogP contribution in [0.15, 0.2) is 79.0 Å². The Bertz CT molecular complexity index is 1120. The Balaban J connectivity index is 1.67. The van der Waals surface area contributed by atoms with Crippen LogP contribution in [-0.4, -0.2) is 20.4 Å². The van der Waals surface area contributed by atoms with Crippen LogP contribution in [0.25, 0.3) is 11.0 Å². The normalized spacial score (nSPS) is 12.6. The number of fused-ring (bicyclic) bond motifs is 1. The third-order valence-electron chi connectivity index (χ3n) is 4.63. The molecule has 0 saturated heterocycles. The SMILES string of the molecule is O=C(Cn1c(C(F)(F)F)nc2ccccc21)NC(c1ccccc1)c1ccccn1. The zero-order valence-electron chi connectivity index (χ0n) is 15.7. The van der Waals surface area contributed by atoms with Gasteiger partial charge in [-0.15, -0.1) is 0 Å². The maximum atomic E-state index is 13.5. The molecule has 0 aliphatic rings. The standard InChI is InChI=1S/C22H17F3N4O/c23-22(24,25)21-27-16-10-4-5-12-18(16)29(21)14-19(30)28-20(15-8-2-1-3-9-15)17-11-6-7-13-26-17/h1-13,20H,14H2,(H,28,30). The van der Waals surface area contributed by atoms with Crippen molar-refractivity contribution < 1.29 is 18.0 Å². The molecule has 0 bridgehead atoms. The molecule has 0 radical (unpaired) electrons. The molecule has 2 aromatic carbocycles. The number of para-hydroxylation sites is 2. The van der Waals surface area contributed by atoms with Crippen LogP contribution in [0.4, 0.5) is 13.2 Å². The number of nitrogens with one attached hydrogen (secondary N) is 1. The zero-order valence-corrected chi connectivity index (χ0v) is 15.7. The lowest BCUT2D eigenvalue weighted by Crippen LogP contribution is -2.33. The fourth-order valence-corrected chi connectivity index (χ4v) is 3.32. The van der Waals surface area contributed by atoms with E-state index in [1.807, 2.05) is 30.3 Å². The summed E-state index contributed by atoms with van der Waals surface area (Å²) in [6.07, 6.45) is -3.08. The van der Waals surface area contributed by atoms with Gasteiger partial charge in [-0.2, -0.15) is 13.2 Å². The molecular weight excluding hydrogens is 393 g/mol. The Morgan fingerprint density at radius 1 is 0.967 bits per heavy atom. The molecule has 1 N–H and O–H groups in total. The first-order valence-electron chi connectivity index (χ1n) is 9.21. The van der Waals surface area contributed by atoms with Crippen LogP contribution in [0, 0.1) is 0 Å². The number of hydrogen-bond donors (Lipinski definition) is 1. The average molecular weight is 410 g/mol. The number of pyridine rings is 1. The number of imidazole rings is 1. The van der Waals surface area contributed by atoms with E-state index < -0.39 is 30.5 Å². The lowest BCUT2D eigenvalue weighted by molar-refractivity contribution is -0.147. The molecule has 2 aromatic heterocycles. The summed E-state index contributed by atoms with van der Waals surface area (Å²) in [5.41, 5.74) is 1.79. The molecule has 8 heteroatoms. The van der Waals surface area contributed by atoms with Crippen molar-refractivity contribution in [2.45, 2.75) is 18.8 Å². The average Bonchev–Trinajstić information content (AvgIpc) is 3.12. The largest absolute Gasteiger partial charge is 0.449 e. The van der Waals surface area contributed by atoms with E-state index >= 15 is 0 Å². The monoisotopic (exact) mass is 410 g/mol. The van der Waals surface area contributed by atoms with Gasteiger partial charge in [0.15, 0.2) is 0 Å². The minimum Gasteiger partial charge on any atom is -0.342 e. The van der Waals surface area contributed by atoms with Crippen molar-refractivity contribution in [2.75, 3.05) is 0 Å². The Morgan fingerprint density at radius 3 is 2.37 bits per heavy atom. The number of halogens is 3. The number of alkyl halides is 3. The first kappa shape index (κ1) is 19.6. The second-order valence-electron chi connectivity index (χ2n) is 6.67. The van der Waals surface area contributed by atoms with Crippen molar-refractivity contribution in [1.29, 1.82) is 0 Å². The molecule has 4 aromatic rings. The molecule has 0 spiro atoms. The summed E-state index contributed by atoms with van der Waals surface area (Å²) in [6, 6.07) is 20.1. The Hall–Kier alpha value is -3.68. The van der Waals surface area contributed by atoms with E-state index in [1.165, 1.54) is 12.1 Å².